The second kappa shape index (κ2) is 7.68. The van der Waals surface area contributed by atoms with Crippen molar-refractivity contribution in [2.75, 3.05) is 26.7 Å². The van der Waals surface area contributed by atoms with Gasteiger partial charge in [0.25, 0.3) is 0 Å². The Morgan fingerprint density at radius 3 is 2.78 bits per heavy atom. The highest BCUT2D eigenvalue weighted by molar-refractivity contribution is 5.67. The van der Waals surface area contributed by atoms with Crippen LogP contribution in [-0.4, -0.2) is 43.3 Å². The molecule has 2 rings (SSSR count). The number of carbonyl (C=O) groups excluding carboxylic acids is 1. The van der Waals surface area contributed by atoms with Crippen molar-refractivity contribution in [1.29, 1.82) is 0 Å². The molecule has 1 heterocycles. The van der Waals surface area contributed by atoms with Crippen molar-refractivity contribution in [1.82, 2.24) is 10.2 Å². The monoisotopic (exact) mass is 320 g/mol. The molecule has 23 heavy (non-hydrogen) atoms. The minimum atomic E-state index is -0.445. The maximum Gasteiger partial charge on any atom is 0.407 e. The van der Waals surface area contributed by atoms with Gasteiger partial charge in [-0.15, -0.1) is 0 Å². The molecule has 0 spiro atoms. The molecule has 128 valence electrons. The molecule has 0 radical (unpaired) electrons. The lowest BCUT2D eigenvalue weighted by molar-refractivity contribution is 0.0525. The van der Waals surface area contributed by atoms with Gasteiger partial charge in [-0.25, -0.2) is 4.79 Å². The summed E-state index contributed by atoms with van der Waals surface area (Å²) < 4.78 is 10.5. The van der Waals surface area contributed by atoms with Gasteiger partial charge in [0.15, 0.2) is 0 Å². The number of nitrogens with zero attached hydrogens (tertiary/aromatic N) is 1. The molecule has 1 N–H and O–H groups in total. The summed E-state index contributed by atoms with van der Waals surface area (Å²) in [5.74, 6) is 0.914. The predicted molar refractivity (Wildman–Crippen MR) is 90.8 cm³/mol. The van der Waals surface area contributed by atoms with E-state index in [2.05, 4.69) is 22.3 Å². The van der Waals surface area contributed by atoms with Crippen LogP contribution in [-0.2, 0) is 17.7 Å². The summed E-state index contributed by atoms with van der Waals surface area (Å²) in [7, 11) is 1.70. The van der Waals surface area contributed by atoms with Gasteiger partial charge in [0.2, 0.25) is 0 Å². The van der Waals surface area contributed by atoms with Crippen LogP contribution in [0.4, 0.5) is 4.79 Å². The third-order valence-electron chi connectivity index (χ3n) is 3.82. The zero-order chi connectivity index (χ0) is 16.9. The summed E-state index contributed by atoms with van der Waals surface area (Å²) in [6.07, 6.45) is 1.64. The molecular weight excluding hydrogens is 292 g/mol. The maximum absolute atomic E-state index is 11.6. The highest BCUT2D eigenvalue weighted by Crippen LogP contribution is 2.23. The van der Waals surface area contributed by atoms with Crippen LogP contribution in [0.15, 0.2) is 18.2 Å². The number of methoxy groups -OCH3 is 1. The molecule has 0 bridgehead atoms. The molecule has 0 unspecified atom stereocenters. The molecule has 1 aliphatic rings. The standard InChI is InChI=1S/C18H28N2O3/c1-18(2,3)23-17(21)19-9-5-10-20-11-8-14-6-7-16(22-4)12-15(14)13-20/h6-7,12H,5,8-11,13H2,1-4H3,(H,19,21). The number of fused-ring (bicyclic) bond motifs is 1. The van der Waals surface area contributed by atoms with E-state index in [0.717, 1.165) is 38.2 Å². The molecule has 1 amide bonds. The second-order valence-electron chi connectivity index (χ2n) is 6.94. The van der Waals surface area contributed by atoms with Gasteiger partial charge in [0.05, 0.1) is 7.11 Å². The first-order chi connectivity index (χ1) is 10.9. The van der Waals surface area contributed by atoms with E-state index in [-0.39, 0.29) is 6.09 Å². The number of alkyl carbamates (subject to hydrolysis) is 1. The maximum atomic E-state index is 11.6. The van der Waals surface area contributed by atoms with E-state index in [1.165, 1.54) is 11.1 Å². The molecule has 1 aliphatic heterocycles. The largest absolute Gasteiger partial charge is 0.497 e. The first-order valence-corrected chi connectivity index (χ1v) is 8.22. The third-order valence-corrected chi connectivity index (χ3v) is 3.82. The smallest absolute Gasteiger partial charge is 0.407 e. The fourth-order valence-corrected chi connectivity index (χ4v) is 2.72. The van der Waals surface area contributed by atoms with Crippen LogP contribution in [0.1, 0.15) is 38.3 Å². The van der Waals surface area contributed by atoms with Crippen LogP contribution < -0.4 is 10.1 Å². The van der Waals surface area contributed by atoms with E-state index >= 15 is 0 Å². The fourth-order valence-electron chi connectivity index (χ4n) is 2.72. The summed E-state index contributed by atoms with van der Waals surface area (Å²) in [4.78, 5) is 14.0. The molecule has 1 aromatic rings. The molecule has 0 fully saturated rings. The summed E-state index contributed by atoms with van der Waals surface area (Å²) >= 11 is 0. The number of hydrogen-bond donors (Lipinski definition) is 1. The number of amides is 1. The first kappa shape index (κ1) is 17.6. The summed E-state index contributed by atoms with van der Waals surface area (Å²) in [6, 6.07) is 6.31. The Labute approximate surface area is 139 Å². The van der Waals surface area contributed by atoms with Crippen molar-refractivity contribution in [2.45, 2.75) is 45.8 Å². The van der Waals surface area contributed by atoms with Gasteiger partial charge in [-0.05, 0) is 56.9 Å². The molecule has 0 aliphatic carbocycles. The van der Waals surface area contributed by atoms with Crippen molar-refractivity contribution in [2.24, 2.45) is 0 Å². The zero-order valence-electron chi connectivity index (χ0n) is 14.6. The normalized spacial score (nSPS) is 15.0. The Morgan fingerprint density at radius 2 is 2.09 bits per heavy atom. The molecule has 0 atom stereocenters. The Bertz CT molecular complexity index is 538. The quantitative estimate of drug-likeness (QED) is 0.848. The number of ether oxygens (including phenoxy) is 2. The highest BCUT2D eigenvalue weighted by atomic mass is 16.6. The van der Waals surface area contributed by atoms with Crippen molar-refractivity contribution < 1.29 is 14.3 Å². The predicted octanol–water partition coefficient (Wildman–Crippen LogP) is 2.97. The van der Waals surface area contributed by atoms with Crippen molar-refractivity contribution >= 4 is 6.09 Å². The summed E-state index contributed by atoms with van der Waals surface area (Å²) in [6.45, 7) is 9.21. The van der Waals surface area contributed by atoms with Crippen LogP contribution >= 0.6 is 0 Å². The molecule has 5 nitrogen and oxygen atoms in total. The molecular formula is C18H28N2O3. The van der Waals surface area contributed by atoms with Gasteiger partial charge in [0, 0.05) is 26.2 Å². The highest BCUT2D eigenvalue weighted by Gasteiger charge is 2.17. The van der Waals surface area contributed by atoms with Crippen LogP contribution in [0, 0.1) is 0 Å². The second-order valence-corrected chi connectivity index (χ2v) is 6.94. The number of nitrogens with one attached hydrogen (secondary N) is 1. The Hall–Kier alpha value is -1.75. The van der Waals surface area contributed by atoms with Crippen molar-refractivity contribution in [3.8, 4) is 5.75 Å². The van der Waals surface area contributed by atoms with E-state index in [4.69, 9.17) is 9.47 Å². The minimum Gasteiger partial charge on any atom is -0.497 e. The van der Waals surface area contributed by atoms with Gasteiger partial charge < -0.3 is 14.8 Å². The van der Waals surface area contributed by atoms with Crippen LogP contribution in [0.3, 0.4) is 0 Å². The molecule has 0 saturated carbocycles. The number of hydrogen-bond acceptors (Lipinski definition) is 4. The average molecular weight is 320 g/mol. The fraction of sp³-hybridized carbons (Fsp3) is 0.611. The zero-order valence-corrected chi connectivity index (χ0v) is 14.6. The first-order valence-electron chi connectivity index (χ1n) is 8.22. The lowest BCUT2D eigenvalue weighted by atomic mass is 9.99. The van der Waals surface area contributed by atoms with Gasteiger partial charge in [-0.2, -0.15) is 0 Å². The minimum absolute atomic E-state index is 0.341. The van der Waals surface area contributed by atoms with E-state index in [1.807, 2.05) is 26.8 Å². The Morgan fingerprint density at radius 1 is 1.30 bits per heavy atom. The number of benzene rings is 1. The van der Waals surface area contributed by atoms with Gasteiger partial charge in [-0.3, -0.25) is 4.90 Å². The Balaban J connectivity index is 1.72. The van der Waals surface area contributed by atoms with Crippen LogP contribution in [0.25, 0.3) is 0 Å². The summed E-state index contributed by atoms with van der Waals surface area (Å²) in [5, 5.41) is 2.81. The number of rotatable bonds is 5. The average Bonchev–Trinajstić information content (AvgIpc) is 2.49. The van der Waals surface area contributed by atoms with Crippen LogP contribution in [0.5, 0.6) is 5.75 Å². The topological polar surface area (TPSA) is 50.8 Å². The Kier molecular flexibility index (Phi) is 5.88. The van der Waals surface area contributed by atoms with Gasteiger partial charge in [-0.1, -0.05) is 6.07 Å². The van der Waals surface area contributed by atoms with Crippen molar-refractivity contribution in [3.63, 3.8) is 0 Å². The molecule has 0 aromatic heterocycles. The summed E-state index contributed by atoms with van der Waals surface area (Å²) in [5.41, 5.74) is 2.31. The van der Waals surface area contributed by atoms with E-state index in [0.29, 0.717) is 6.54 Å². The van der Waals surface area contributed by atoms with E-state index in [9.17, 15) is 4.79 Å². The molecule has 0 saturated heterocycles. The lowest BCUT2D eigenvalue weighted by Crippen LogP contribution is -2.36. The SMILES string of the molecule is COc1ccc2c(c1)CN(CCCNC(=O)OC(C)(C)C)CC2. The van der Waals surface area contributed by atoms with E-state index in [1.54, 1.807) is 7.11 Å². The van der Waals surface area contributed by atoms with E-state index < -0.39 is 5.60 Å². The van der Waals surface area contributed by atoms with Crippen LogP contribution in [0.2, 0.25) is 0 Å². The number of carbonyl (C=O) groups is 1. The lowest BCUT2D eigenvalue weighted by Gasteiger charge is -2.29. The van der Waals surface area contributed by atoms with Gasteiger partial charge >= 0.3 is 6.09 Å². The van der Waals surface area contributed by atoms with Crippen molar-refractivity contribution in [3.05, 3.63) is 29.3 Å². The van der Waals surface area contributed by atoms with Gasteiger partial charge in [0.1, 0.15) is 11.4 Å². The molecule has 1 aromatic carbocycles. The molecule has 5 heteroatoms. The third kappa shape index (κ3) is 5.75.